The quantitative estimate of drug-likeness (QED) is 0.643. The molecule has 0 bridgehead atoms. The standard InChI is InChI=1S/C20H33N5O2/c1-16-7-4-5-9-25(16)17(2)15-22-20(21-3)24-12-10-23(11-13-24)19(26)18-8-6-14-27-18/h6,8,14,16-17H,4-5,7,9-13,15H2,1-3H3,(H,21,22). The molecule has 1 aromatic heterocycles. The molecule has 3 heterocycles. The fourth-order valence-electron chi connectivity index (χ4n) is 4.14. The van der Waals surface area contributed by atoms with Gasteiger partial charge in [0.25, 0.3) is 5.91 Å². The first kappa shape index (κ1) is 19.7. The summed E-state index contributed by atoms with van der Waals surface area (Å²) >= 11 is 0. The van der Waals surface area contributed by atoms with Crippen molar-refractivity contribution < 1.29 is 9.21 Å². The van der Waals surface area contributed by atoms with Gasteiger partial charge in [-0.3, -0.25) is 14.7 Å². The lowest BCUT2D eigenvalue weighted by molar-refractivity contribution is 0.0657. The van der Waals surface area contributed by atoms with E-state index in [0.29, 0.717) is 30.9 Å². The summed E-state index contributed by atoms with van der Waals surface area (Å²) in [5.41, 5.74) is 0. The minimum Gasteiger partial charge on any atom is -0.459 e. The Balaban J connectivity index is 1.47. The first-order valence-corrected chi connectivity index (χ1v) is 10.1. The lowest BCUT2D eigenvalue weighted by Gasteiger charge is -2.39. The zero-order valence-electron chi connectivity index (χ0n) is 16.9. The molecule has 0 aromatic carbocycles. The predicted molar refractivity (Wildman–Crippen MR) is 107 cm³/mol. The van der Waals surface area contributed by atoms with Crippen molar-refractivity contribution in [3.05, 3.63) is 24.2 Å². The number of piperidine rings is 1. The molecule has 0 aliphatic carbocycles. The molecule has 7 nitrogen and oxygen atoms in total. The molecule has 150 valence electrons. The summed E-state index contributed by atoms with van der Waals surface area (Å²) in [5.74, 6) is 1.31. The number of nitrogens with one attached hydrogen (secondary N) is 1. The highest BCUT2D eigenvalue weighted by molar-refractivity contribution is 5.91. The van der Waals surface area contributed by atoms with E-state index < -0.39 is 0 Å². The zero-order valence-corrected chi connectivity index (χ0v) is 16.9. The highest BCUT2D eigenvalue weighted by Crippen LogP contribution is 2.18. The van der Waals surface area contributed by atoms with Crippen molar-refractivity contribution in [1.29, 1.82) is 0 Å². The number of furan rings is 1. The number of carbonyl (C=O) groups excluding carboxylic acids is 1. The molecule has 1 N–H and O–H groups in total. The first-order valence-electron chi connectivity index (χ1n) is 10.1. The summed E-state index contributed by atoms with van der Waals surface area (Å²) in [6.07, 6.45) is 5.49. The topological polar surface area (TPSA) is 64.3 Å². The van der Waals surface area contributed by atoms with Crippen molar-refractivity contribution in [2.75, 3.05) is 46.3 Å². The molecule has 0 saturated carbocycles. The second-order valence-corrected chi connectivity index (χ2v) is 7.62. The van der Waals surface area contributed by atoms with E-state index in [1.165, 1.54) is 25.8 Å². The molecule has 2 saturated heterocycles. The monoisotopic (exact) mass is 375 g/mol. The van der Waals surface area contributed by atoms with E-state index in [2.05, 4.69) is 34.0 Å². The fourth-order valence-corrected chi connectivity index (χ4v) is 4.14. The summed E-state index contributed by atoms with van der Waals surface area (Å²) in [6.45, 7) is 9.62. The van der Waals surface area contributed by atoms with Gasteiger partial charge in [-0.05, 0) is 45.4 Å². The highest BCUT2D eigenvalue weighted by atomic mass is 16.3. The van der Waals surface area contributed by atoms with E-state index in [4.69, 9.17) is 4.42 Å². The van der Waals surface area contributed by atoms with Gasteiger partial charge in [0.2, 0.25) is 0 Å². The average molecular weight is 376 g/mol. The summed E-state index contributed by atoms with van der Waals surface area (Å²) in [6, 6.07) is 4.62. The summed E-state index contributed by atoms with van der Waals surface area (Å²) in [7, 11) is 1.83. The average Bonchev–Trinajstić information content (AvgIpc) is 3.23. The van der Waals surface area contributed by atoms with Crippen LogP contribution in [-0.4, -0.2) is 85.0 Å². The number of piperazine rings is 1. The van der Waals surface area contributed by atoms with Crippen molar-refractivity contribution in [2.24, 2.45) is 4.99 Å². The normalized spacial score (nSPS) is 23.4. The maximum Gasteiger partial charge on any atom is 0.289 e. The van der Waals surface area contributed by atoms with Crippen LogP contribution < -0.4 is 5.32 Å². The predicted octanol–water partition coefficient (Wildman–Crippen LogP) is 1.88. The molecule has 2 unspecified atom stereocenters. The Kier molecular flexibility index (Phi) is 6.77. The Bertz CT molecular complexity index is 622. The number of rotatable bonds is 4. The number of amides is 1. The fraction of sp³-hybridized carbons (Fsp3) is 0.700. The molecule has 2 fully saturated rings. The van der Waals surface area contributed by atoms with Crippen molar-refractivity contribution in [1.82, 2.24) is 20.0 Å². The van der Waals surface area contributed by atoms with E-state index in [-0.39, 0.29) is 5.91 Å². The number of hydrogen-bond donors (Lipinski definition) is 1. The van der Waals surface area contributed by atoms with Gasteiger partial charge in [-0.1, -0.05) is 6.42 Å². The third-order valence-corrected chi connectivity index (χ3v) is 5.79. The van der Waals surface area contributed by atoms with E-state index in [9.17, 15) is 4.79 Å². The van der Waals surface area contributed by atoms with Crippen molar-refractivity contribution >= 4 is 11.9 Å². The number of aliphatic imine (C=N–C) groups is 1. The van der Waals surface area contributed by atoms with Gasteiger partial charge in [-0.25, -0.2) is 0 Å². The summed E-state index contributed by atoms with van der Waals surface area (Å²) in [4.78, 5) is 23.5. The maximum atomic E-state index is 12.4. The third kappa shape index (κ3) is 4.83. The minimum absolute atomic E-state index is 0.0321. The molecule has 1 amide bonds. The van der Waals surface area contributed by atoms with Gasteiger partial charge in [0.15, 0.2) is 11.7 Å². The van der Waals surface area contributed by atoms with E-state index in [1.54, 1.807) is 18.4 Å². The Morgan fingerprint density at radius 3 is 2.63 bits per heavy atom. The van der Waals surface area contributed by atoms with E-state index >= 15 is 0 Å². The van der Waals surface area contributed by atoms with Crippen LogP contribution in [-0.2, 0) is 0 Å². The Hall–Kier alpha value is -2.02. The summed E-state index contributed by atoms with van der Waals surface area (Å²) < 4.78 is 5.23. The maximum absolute atomic E-state index is 12.4. The highest BCUT2D eigenvalue weighted by Gasteiger charge is 2.26. The molecule has 7 heteroatoms. The zero-order chi connectivity index (χ0) is 19.2. The van der Waals surface area contributed by atoms with Gasteiger partial charge in [0.1, 0.15) is 0 Å². The Morgan fingerprint density at radius 2 is 2.00 bits per heavy atom. The minimum atomic E-state index is -0.0321. The van der Waals surface area contributed by atoms with Crippen LogP contribution in [0.25, 0.3) is 0 Å². The SMILES string of the molecule is CN=C(NCC(C)N1CCCCC1C)N1CCN(C(=O)c2ccco2)CC1. The molecule has 0 radical (unpaired) electrons. The second-order valence-electron chi connectivity index (χ2n) is 7.62. The van der Waals surface area contributed by atoms with Crippen LogP contribution in [0.1, 0.15) is 43.7 Å². The molecule has 3 rings (SSSR count). The van der Waals surface area contributed by atoms with Crippen LogP contribution in [0.4, 0.5) is 0 Å². The Morgan fingerprint density at radius 1 is 1.26 bits per heavy atom. The van der Waals surface area contributed by atoms with E-state index in [1.807, 2.05) is 11.9 Å². The lowest BCUT2D eigenvalue weighted by Crippen LogP contribution is -2.55. The van der Waals surface area contributed by atoms with Crippen LogP contribution >= 0.6 is 0 Å². The van der Waals surface area contributed by atoms with Gasteiger partial charge in [0, 0.05) is 51.9 Å². The first-order chi connectivity index (χ1) is 13.1. The van der Waals surface area contributed by atoms with Gasteiger partial charge >= 0.3 is 0 Å². The van der Waals surface area contributed by atoms with Gasteiger partial charge in [0.05, 0.1) is 6.26 Å². The van der Waals surface area contributed by atoms with Gasteiger partial charge < -0.3 is 19.5 Å². The van der Waals surface area contributed by atoms with Crippen LogP contribution in [0.2, 0.25) is 0 Å². The van der Waals surface area contributed by atoms with Crippen molar-refractivity contribution in [3.8, 4) is 0 Å². The van der Waals surface area contributed by atoms with Crippen LogP contribution in [0.5, 0.6) is 0 Å². The van der Waals surface area contributed by atoms with Crippen molar-refractivity contribution in [2.45, 2.75) is 45.2 Å². The number of carbonyl (C=O) groups is 1. The third-order valence-electron chi connectivity index (χ3n) is 5.79. The second kappa shape index (κ2) is 9.26. The number of likely N-dealkylation sites (tertiary alicyclic amines) is 1. The molecule has 2 aliphatic rings. The number of nitrogens with zero attached hydrogens (tertiary/aromatic N) is 4. The largest absolute Gasteiger partial charge is 0.459 e. The van der Waals surface area contributed by atoms with Crippen LogP contribution in [0.15, 0.2) is 27.8 Å². The molecule has 2 aliphatic heterocycles. The molecule has 1 aromatic rings. The molecular weight excluding hydrogens is 342 g/mol. The van der Waals surface area contributed by atoms with Crippen LogP contribution in [0, 0.1) is 0 Å². The van der Waals surface area contributed by atoms with E-state index in [0.717, 1.165) is 25.6 Å². The van der Waals surface area contributed by atoms with Crippen molar-refractivity contribution in [3.63, 3.8) is 0 Å². The number of hydrogen-bond acceptors (Lipinski definition) is 4. The number of guanidine groups is 1. The van der Waals surface area contributed by atoms with Gasteiger partial charge in [-0.15, -0.1) is 0 Å². The van der Waals surface area contributed by atoms with Gasteiger partial charge in [-0.2, -0.15) is 0 Å². The molecule has 2 atom stereocenters. The lowest BCUT2D eigenvalue weighted by atomic mass is 10.0. The summed E-state index contributed by atoms with van der Waals surface area (Å²) in [5, 5.41) is 3.54. The molecular formula is C20H33N5O2. The Labute approximate surface area is 162 Å². The smallest absolute Gasteiger partial charge is 0.289 e. The molecule has 27 heavy (non-hydrogen) atoms. The molecule has 0 spiro atoms. The van der Waals surface area contributed by atoms with Crippen LogP contribution in [0.3, 0.4) is 0 Å².